The summed E-state index contributed by atoms with van der Waals surface area (Å²) in [5.41, 5.74) is 0.877. The molecule has 1 saturated carbocycles. The highest BCUT2D eigenvalue weighted by molar-refractivity contribution is 6.33. The molecule has 1 unspecified atom stereocenters. The number of rotatable bonds is 2. The van der Waals surface area contributed by atoms with E-state index in [0.29, 0.717) is 16.1 Å². The highest BCUT2D eigenvalue weighted by Crippen LogP contribution is 2.38. The third-order valence-electron chi connectivity index (χ3n) is 4.39. The van der Waals surface area contributed by atoms with E-state index in [9.17, 15) is 4.79 Å². The van der Waals surface area contributed by atoms with Crippen molar-refractivity contribution in [3.63, 3.8) is 0 Å². The van der Waals surface area contributed by atoms with Crippen molar-refractivity contribution in [2.75, 3.05) is 6.54 Å². The molecule has 2 aliphatic rings. The molecular formula is C15H19ClN2O. The Morgan fingerprint density at radius 1 is 1.37 bits per heavy atom. The van der Waals surface area contributed by atoms with Gasteiger partial charge in [0.25, 0.3) is 5.91 Å². The SMILES string of the molecule is O=C(NC1CCNC2(CCC2)C1)c1ccccc1Cl. The van der Waals surface area contributed by atoms with Gasteiger partial charge in [0.15, 0.2) is 0 Å². The highest BCUT2D eigenvalue weighted by Gasteiger charge is 2.41. The Morgan fingerprint density at radius 2 is 2.16 bits per heavy atom. The lowest BCUT2D eigenvalue weighted by Gasteiger charge is -2.48. The number of benzene rings is 1. The van der Waals surface area contributed by atoms with Crippen molar-refractivity contribution in [1.82, 2.24) is 10.6 Å². The maximum Gasteiger partial charge on any atom is 0.253 e. The zero-order valence-corrected chi connectivity index (χ0v) is 11.7. The van der Waals surface area contributed by atoms with Gasteiger partial charge >= 0.3 is 0 Å². The number of carbonyl (C=O) groups excluding carboxylic acids is 1. The van der Waals surface area contributed by atoms with Gasteiger partial charge in [-0.05, 0) is 50.8 Å². The average molecular weight is 279 g/mol. The predicted octanol–water partition coefficient (Wildman–Crippen LogP) is 2.74. The van der Waals surface area contributed by atoms with Crippen molar-refractivity contribution in [1.29, 1.82) is 0 Å². The van der Waals surface area contributed by atoms with Crippen LogP contribution in [-0.4, -0.2) is 24.0 Å². The maximum atomic E-state index is 12.2. The van der Waals surface area contributed by atoms with Crippen molar-refractivity contribution < 1.29 is 4.79 Å². The van der Waals surface area contributed by atoms with Crippen molar-refractivity contribution in [3.05, 3.63) is 34.9 Å². The molecular weight excluding hydrogens is 260 g/mol. The van der Waals surface area contributed by atoms with Gasteiger partial charge in [0.1, 0.15) is 0 Å². The molecule has 4 heteroatoms. The maximum absolute atomic E-state index is 12.2. The van der Waals surface area contributed by atoms with Gasteiger partial charge in [0.2, 0.25) is 0 Å². The molecule has 1 aromatic rings. The van der Waals surface area contributed by atoms with Crippen molar-refractivity contribution in [2.45, 2.75) is 43.7 Å². The standard InChI is InChI=1S/C15H19ClN2O/c16-13-5-2-1-4-12(13)14(19)18-11-6-9-17-15(10-11)7-3-8-15/h1-2,4-5,11,17H,3,6-10H2,(H,18,19). The van der Waals surface area contributed by atoms with Crippen LogP contribution in [0.5, 0.6) is 0 Å². The minimum Gasteiger partial charge on any atom is -0.349 e. The molecule has 1 aromatic carbocycles. The van der Waals surface area contributed by atoms with Crippen LogP contribution in [0.4, 0.5) is 0 Å². The van der Waals surface area contributed by atoms with Crippen LogP contribution < -0.4 is 10.6 Å². The first kappa shape index (κ1) is 12.9. The third kappa shape index (κ3) is 2.63. The molecule has 0 aromatic heterocycles. The van der Waals surface area contributed by atoms with E-state index in [1.165, 1.54) is 19.3 Å². The van der Waals surface area contributed by atoms with E-state index in [4.69, 9.17) is 11.6 Å². The Bertz CT molecular complexity index is 485. The molecule has 2 fully saturated rings. The molecule has 0 bridgehead atoms. The second kappa shape index (κ2) is 5.14. The highest BCUT2D eigenvalue weighted by atomic mass is 35.5. The van der Waals surface area contributed by atoms with Crippen LogP contribution in [0.2, 0.25) is 5.02 Å². The smallest absolute Gasteiger partial charge is 0.253 e. The number of amides is 1. The summed E-state index contributed by atoms with van der Waals surface area (Å²) < 4.78 is 0. The van der Waals surface area contributed by atoms with Gasteiger partial charge < -0.3 is 10.6 Å². The largest absolute Gasteiger partial charge is 0.349 e. The molecule has 2 N–H and O–H groups in total. The normalized spacial score (nSPS) is 24.8. The van der Waals surface area contributed by atoms with Gasteiger partial charge in [0, 0.05) is 11.6 Å². The molecule has 3 nitrogen and oxygen atoms in total. The molecule has 19 heavy (non-hydrogen) atoms. The van der Waals surface area contributed by atoms with Crippen LogP contribution in [0.15, 0.2) is 24.3 Å². The molecule has 1 amide bonds. The zero-order valence-electron chi connectivity index (χ0n) is 10.9. The van der Waals surface area contributed by atoms with Crippen molar-refractivity contribution >= 4 is 17.5 Å². The predicted molar refractivity (Wildman–Crippen MR) is 76.5 cm³/mol. The second-order valence-electron chi connectivity index (χ2n) is 5.70. The fourth-order valence-corrected chi connectivity index (χ4v) is 3.40. The summed E-state index contributed by atoms with van der Waals surface area (Å²) in [7, 11) is 0. The van der Waals surface area contributed by atoms with E-state index in [0.717, 1.165) is 19.4 Å². The molecule has 1 spiro atoms. The minimum absolute atomic E-state index is 0.0491. The first-order valence-corrected chi connectivity index (χ1v) is 7.37. The lowest BCUT2D eigenvalue weighted by molar-refractivity contribution is 0.0853. The molecule has 1 atom stereocenters. The first-order valence-electron chi connectivity index (χ1n) is 6.99. The van der Waals surface area contributed by atoms with E-state index in [1.807, 2.05) is 12.1 Å². The van der Waals surface area contributed by atoms with Gasteiger partial charge in [-0.2, -0.15) is 0 Å². The number of hydrogen-bond donors (Lipinski definition) is 2. The van der Waals surface area contributed by atoms with Crippen LogP contribution in [-0.2, 0) is 0 Å². The van der Waals surface area contributed by atoms with Gasteiger partial charge in [-0.25, -0.2) is 0 Å². The molecule has 1 aliphatic carbocycles. The van der Waals surface area contributed by atoms with Crippen LogP contribution >= 0.6 is 11.6 Å². The quantitative estimate of drug-likeness (QED) is 0.873. The number of hydrogen-bond acceptors (Lipinski definition) is 2. The molecule has 3 rings (SSSR count). The number of carbonyl (C=O) groups is 1. The van der Waals surface area contributed by atoms with E-state index in [1.54, 1.807) is 12.1 Å². The monoisotopic (exact) mass is 278 g/mol. The number of halogens is 1. The molecule has 102 valence electrons. The summed E-state index contributed by atoms with van der Waals surface area (Å²) in [5, 5.41) is 7.27. The summed E-state index contributed by atoms with van der Waals surface area (Å²) in [4.78, 5) is 12.2. The van der Waals surface area contributed by atoms with Gasteiger partial charge in [-0.15, -0.1) is 0 Å². The Balaban J connectivity index is 1.65. The molecule has 0 radical (unpaired) electrons. The van der Waals surface area contributed by atoms with Crippen molar-refractivity contribution in [2.24, 2.45) is 0 Å². The minimum atomic E-state index is -0.0491. The van der Waals surface area contributed by atoms with Gasteiger partial charge in [0.05, 0.1) is 10.6 Å². The Kier molecular flexibility index (Phi) is 3.50. The van der Waals surface area contributed by atoms with Gasteiger partial charge in [-0.1, -0.05) is 23.7 Å². The van der Waals surface area contributed by atoms with Crippen LogP contribution in [0.25, 0.3) is 0 Å². The Hall–Kier alpha value is -1.06. The zero-order chi connectivity index (χ0) is 13.3. The summed E-state index contributed by atoms with van der Waals surface area (Å²) in [5.74, 6) is -0.0491. The van der Waals surface area contributed by atoms with E-state index >= 15 is 0 Å². The Morgan fingerprint density at radius 3 is 2.84 bits per heavy atom. The van der Waals surface area contributed by atoms with E-state index < -0.39 is 0 Å². The van der Waals surface area contributed by atoms with Crippen LogP contribution in [0.3, 0.4) is 0 Å². The topological polar surface area (TPSA) is 41.1 Å². The van der Waals surface area contributed by atoms with Gasteiger partial charge in [-0.3, -0.25) is 4.79 Å². The fraction of sp³-hybridized carbons (Fsp3) is 0.533. The number of nitrogens with one attached hydrogen (secondary N) is 2. The second-order valence-corrected chi connectivity index (χ2v) is 6.11. The Labute approximate surface area is 118 Å². The first-order chi connectivity index (χ1) is 9.19. The molecule has 1 aliphatic heterocycles. The molecule has 1 heterocycles. The summed E-state index contributed by atoms with van der Waals surface area (Å²) in [6, 6.07) is 7.48. The fourth-order valence-electron chi connectivity index (χ4n) is 3.17. The summed E-state index contributed by atoms with van der Waals surface area (Å²) in [6.07, 6.45) is 5.83. The van der Waals surface area contributed by atoms with Crippen LogP contribution in [0, 0.1) is 0 Å². The van der Waals surface area contributed by atoms with Crippen molar-refractivity contribution in [3.8, 4) is 0 Å². The molecule has 1 saturated heterocycles. The lowest BCUT2D eigenvalue weighted by atomic mass is 9.70. The number of piperidine rings is 1. The summed E-state index contributed by atoms with van der Waals surface area (Å²) in [6.45, 7) is 0.994. The van der Waals surface area contributed by atoms with E-state index in [-0.39, 0.29) is 11.9 Å². The van der Waals surface area contributed by atoms with Crippen LogP contribution in [0.1, 0.15) is 42.5 Å². The lowest BCUT2D eigenvalue weighted by Crippen LogP contribution is -2.59. The third-order valence-corrected chi connectivity index (χ3v) is 4.72. The average Bonchev–Trinajstić information content (AvgIpc) is 2.37. The summed E-state index contributed by atoms with van der Waals surface area (Å²) >= 11 is 6.06. The van der Waals surface area contributed by atoms with E-state index in [2.05, 4.69) is 10.6 Å².